The molecule has 0 unspecified atom stereocenters. The van der Waals surface area contributed by atoms with Gasteiger partial charge in [-0.3, -0.25) is 4.79 Å². The van der Waals surface area contributed by atoms with Crippen molar-refractivity contribution in [3.63, 3.8) is 0 Å². The van der Waals surface area contributed by atoms with Crippen molar-refractivity contribution in [1.29, 1.82) is 0 Å². The maximum absolute atomic E-state index is 12.6. The average molecular weight is 466 g/mol. The van der Waals surface area contributed by atoms with Crippen LogP contribution in [-0.4, -0.2) is 26.2 Å². The van der Waals surface area contributed by atoms with Crippen molar-refractivity contribution in [2.75, 3.05) is 5.32 Å². The van der Waals surface area contributed by atoms with Crippen molar-refractivity contribution >= 4 is 23.2 Å². The largest absolute Gasteiger partial charge is 0.421 e. The number of anilines is 1. The molecular formula is C24H24ClN5O3. The monoisotopic (exact) mass is 465 g/mol. The summed E-state index contributed by atoms with van der Waals surface area (Å²) in [6.07, 6.45) is 1.17. The number of amides is 1. The van der Waals surface area contributed by atoms with Crippen LogP contribution in [0, 0.1) is 12.8 Å². The molecule has 0 saturated carbocycles. The van der Waals surface area contributed by atoms with Crippen molar-refractivity contribution in [2.24, 2.45) is 5.92 Å². The number of hydrogen-bond acceptors (Lipinski definition) is 7. The minimum atomic E-state index is -0.212. The van der Waals surface area contributed by atoms with Gasteiger partial charge >= 0.3 is 0 Å². The number of halogens is 1. The molecule has 2 heterocycles. The van der Waals surface area contributed by atoms with Crippen LogP contribution in [-0.2, 0) is 17.6 Å². The van der Waals surface area contributed by atoms with E-state index >= 15 is 0 Å². The highest BCUT2D eigenvalue weighted by Crippen LogP contribution is 2.30. The van der Waals surface area contributed by atoms with E-state index in [1.807, 2.05) is 31.2 Å². The summed E-state index contributed by atoms with van der Waals surface area (Å²) in [5.74, 6) is 1.92. The first-order chi connectivity index (χ1) is 15.9. The fraction of sp³-hybridized carbons (Fsp3) is 0.292. The third-order valence-electron chi connectivity index (χ3n) is 4.88. The van der Waals surface area contributed by atoms with Gasteiger partial charge in [-0.15, -0.1) is 10.2 Å². The van der Waals surface area contributed by atoms with Crippen molar-refractivity contribution in [3.8, 4) is 22.9 Å². The van der Waals surface area contributed by atoms with Crippen LogP contribution in [0.25, 0.3) is 22.9 Å². The normalized spacial score (nSPS) is 11.2. The van der Waals surface area contributed by atoms with Gasteiger partial charge in [0.1, 0.15) is 0 Å². The Labute approximate surface area is 196 Å². The van der Waals surface area contributed by atoms with Gasteiger partial charge in [-0.05, 0) is 43.2 Å². The van der Waals surface area contributed by atoms with Gasteiger partial charge in [-0.25, -0.2) is 0 Å². The third kappa shape index (κ3) is 5.84. The Hall–Kier alpha value is -3.52. The Bertz CT molecular complexity index is 1250. The van der Waals surface area contributed by atoms with Crippen molar-refractivity contribution in [1.82, 2.24) is 20.3 Å². The first kappa shape index (κ1) is 22.7. The Balaban J connectivity index is 1.42. The van der Waals surface area contributed by atoms with Crippen LogP contribution in [0.4, 0.5) is 5.69 Å². The number of hydrogen-bond donors (Lipinski definition) is 1. The fourth-order valence-electron chi connectivity index (χ4n) is 3.21. The quantitative estimate of drug-likeness (QED) is 0.365. The number of nitrogens with zero attached hydrogens (tertiary/aromatic N) is 4. The predicted molar refractivity (Wildman–Crippen MR) is 125 cm³/mol. The van der Waals surface area contributed by atoms with Gasteiger partial charge in [0.05, 0.1) is 11.3 Å². The van der Waals surface area contributed by atoms with E-state index < -0.39 is 0 Å². The van der Waals surface area contributed by atoms with E-state index in [2.05, 4.69) is 39.5 Å². The predicted octanol–water partition coefficient (Wildman–Crippen LogP) is 5.52. The highest BCUT2D eigenvalue weighted by atomic mass is 35.5. The van der Waals surface area contributed by atoms with E-state index in [-0.39, 0.29) is 12.3 Å². The zero-order chi connectivity index (χ0) is 23.4. The Kier molecular flexibility index (Phi) is 6.84. The summed E-state index contributed by atoms with van der Waals surface area (Å²) in [6, 6.07) is 12.9. The number of aryl methyl sites for hydroxylation is 2. The summed E-state index contributed by atoms with van der Waals surface area (Å²) in [7, 11) is 0. The zero-order valence-electron chi connectivity index (χ0n) is 18.6. The topological polar surface area (TPSA) is 107 Å². The first-order valence-electron chi connectivity index (χ1n) is 10.7. The molecule has 0 saturated heterocycles. The van der Waals surface area contributed by atoms with Crippen LogP contribution >= 0.6 is 11.6 Å². The molecule has 0 spiro atoms. The minimum absolute atomic E-state index is 0.167. The van der Waals surface area contributed by atoms with Crippen molar-refractivity contribution < 1.29 is 13.7 Å². The van der Waals surface area contributed by atoms with E-state index in [0.29, 0.717) is 58.5 Å². The molecule has 0 aliphatic carbocycles. The number of benzene rings is 2. The second-order valence-corrected chi connectivity index (χ2v) is 8.66. The maximum atomic E-state index is 12.6. The van der Waals surface area contributed by atoms with E-state index in [1.165, 1.54) is 0 Å². The summed E-state index contributed by atoms with van der Waals surface area (Å²) < 4.78 is 11.1. The third-order valence-corrected chi connectivity index (χ3v) is 5.11. The van der Waals surface area contributed by atoms with Crippen LogP contribution in [0.3, 0.4) is 0 Å². The van der Waals surface area contributed by atoms with Crippen LogP contribution in [0.15, 0.2) is 51.4 Å². The van der Waals surface area contributed by atoms with Crippen molar-refractivity contribution in [3.05, 3.63) is 64.8 Å². The highest BCUT2D eigenvalue weighted by molar-refractivity contribution is 6.31. The van der Waals surface area contributed by atoms with E-state index in [0.717, 1.165) is 11.1 Å². The molecule has 9 heteroatoms. The van der Waals surface area contributed by atoms with Crippen LogP contribution < -0.4 is 5.32 Å². The molecule has 0 aliphatic heterocycles. The van der Waals surface area contributed by atoms with Crippen LogP contribution in [0.1, 0.15) is 37.5 Å². The lowest BCUT2D eigenvalue weighted by atomic mass is 10.1. The molecule has 1 N–H and O–H groups in total. The molecule has 4 rings (SSSR count). The standard InChI is InChI=1S/C24H24ClN5O3/c1-14(2)12-20-27-24(33-30-20)18-13-17(25)8-9-19(18)26-21(31)10-11-22-28-29-23(32-22)16-6-4-15(3)5-7-16/h4-9,13-14H,10-12H2,1-3H3,(H,26,31). The second-order valence-electron chi connectivity index (χ2n) is 8.22. The molecule has 0 aliphatic rings. The van der Waals surface area contributed by atoms with Gasteiger partial charge in [-0.1, -0.05) is 48.3 Å². The maximum Gasteiger partial charge on any atom is 0.260 e. The number of carbonyl (C=O) groups is 1. The SMILES string of the molecule is Cc1ccc(-c2nnc(CCC(=O)Nc3ccc(Cl)cc3-c3nc(CC(C)C)no3)o2)cc1. The number of nitrogens with one attached hydrogen (secondary N) is 1. The van der Waals surface area contributed by atoms with Gasteiger partial charge in [0.15, 0.2) is 5.82 Å². The van der Waals surface area contributed by atoms with E-state index in [1.54, 1.807) is 18.2 Å². The average Bonchev–Trinajstić information content (AvgIpc) is 3.43. The molecule has 0 atom stereocenters. The van der Waals surface area contributed by atoms with Crippen LogP contribution in [0.5, 0.6) is 0 Å². The lowest BCUT2D eigenvalue weighted by Crippen LogP contribution is -2.13. The molecule has 0 fully saturated rings. The molecule has 2 aromatic carbocycles. The summed E-state index contributed by atoms with van der Waals surface area (Å²) in [6.45, 7) is 6.17. The fourth-order valence-corrected chi connectivity index (χ4v) is 3.39. The van der Waals surface area contributed by atoms with E-state index in [9.17, 15) is 4.79 Å². The molecule has 0 bridgehead atoms. The molecule has 33 heavy (non-hydrogen) atoms. The second kappa shape index (κ2) is 9.95. The molecule has 1 amide bonds. The van der Waals surface area contributed by atoms with Gasteiger partial charge < -0.3 is 14.3 Å². The molecular weight excluding hydrogens is 442 g/mol. The van der Waals surface area contributed by atoms with Gasteiger partial charge in [0.25, 0.3) is 5.89 Å². The Morgan fingerprint density at radius 3 is 2.64 bits per heavy atom. The smallest absolute Gasteiger partial charge is 0.260 e. The highest BCUT2D eigenvalue weighted by Gasteiger charge is 2.17. The summed E-state index contributed by atoms with van der Waals surface area (Å²) >= 11 is 6.17. The summed E-state index contributed by atoms with van der Waals surface area (Å²) in [5, 5.41) is 15.5. The first-order valence-corrected chi connectivity index (χ1v) is 11.1. The molecule has 0 radical (unpaired) electrons. The molecule has 170 valence electrons. The molecule has 4 aromatic rings. The lowest BCUT2D eigenvalue weighted by Gasteiger charge is -2.08. The molecule has 2 aromatic heterocycles. The Morgan fingerprint density at radius 2 is 1.88 bits per heavy atom. The minimum Gasteiger partial charge on any atom is -0.421 e. The van der Waals surface area contributed by atoms with E-state index in [4.69, 9.17) is 20.5 Å². The zero-order valence-corrected chi connectivity index (χ0v) is 19.4. The Morgan fingerprint density at radius 1 is 1.09 bits per heavy atom. The van der Waals surface area contributed by atoms with Gasteiger partial charge in [-0.2, -0.15) is 4.98 Å². The number of aromatic nitrogens is 4. The summed E-state index contributed by atoms with van der Waals surface area (Å²) in [4.78, 5) is 17.1. The molecule has 8 nitrogen and oxygen atoms in total. The number of rotatable bonds is 8. The van der Waals surface area contributed by atoms with Crippen molar-refractivity contribution in [2.45, 2.75) is 40.0 Å². The van der Waals surface area contributed by atoms with Gasteiger partial charge in [0.2, 0.25) is 17.7 Å². The lowest BCUT2D eigenvalue weighted by molar-refractivity contribution is -0.116. The summed E-state index contributed by atoms with van der Waals surface area (Å²) in [5.41, 5.74) is 3.09. The van der Waals surface area contributed by atoms with Crippen LogP contribution in [0.2, 0.25) is 5.02 Å². The number of carbonyl (C=O) groups excluding carboxylic acids is 1. The van der Waals surface area contributed by atoms with Gasteiger partial charge in [0, 0.05) is 29.8 Å².